The lowest BCUT2D eigenvalue weighted by atomic mass is 10.1. The SMILES string of the molecule is COc1cc(Nc2cc(Nc3ccc(C)cc3C)nc(C)n2)cc(OC)c1OC. The minimum atomic E-state index is 0.539. The van der Waals surface area contributed by atoms with Crippen LogP contribution in [0.15, 0.2) is 36.4 Å². The van der Waals surface area contributed by atoms with Gasteiger partial charge in [-0.05, 0) is 32.4 Å². The van der Waals surface area contributed by atoms with Gasteiger partial charge in [0.15, 0.2) is 11.5 Å². The van der Waals surface area contributed by atoms with Crippen LogP contribution in [0, 0.1) is 20.8 Å². The number of nitrogens with zero attached hydrogens (tertiary/aromatic N) is 2. The number of hydrogen-bond donors (Lipinski definition) is 2. The minimum Gasteiger partial charge on any atom is -0.493 e. The van der Waals surface area contributed by atoms with Gasteiger partial charge in [-0.1, -0.05) is 17.7 Å². The van der Waals surface area contributed by atoms with Crippen molar-refractivity contribution in [3.05, 3.63) is 53.3 Å². The molecule has 0 unspecified atom stereocenters. The summed E-state index contributed by atoms with van der Waals surface area (Å²) in [5, 5.41) is 6.66. The Morgan fingerprint density at radius 1 is 0.724 bits per heavy atom. The summed E-state index contributed by atoms with van der Waals surface area (Å²) in [4.78, 5) is 8.98. The molecule has 3 aromatic rings. The lowest BCUT2D eigenvalue weighted by Gasteiger charge is -2.15. The summed E-state index contributed by atoms with van der Waals surface area (Å²) in [5.41, 5.74) is 4.14. The van der Waals surface area contributed by atoms with E-state index in [1.54, 1.807) is 21.3 Å². The van der Waals surface area contributed by atoms with Crippen LogP contribution in [0.1, 0.15) is 17.0 Å². The van der Waals surface area contributed by atoms with E-state index in [0.717, 1.165) is 16.9 Å². The van der Waals surface area contributed by atoms with Crippen LogP contribution in [-0.2, 0) is 0 Å². The molecule has 7 nitrogen and oxygen atoms in total. The lowest BCUT2D eigenvalue weighted by molar-refractivity contribution is 0.324. The number of ether oxygens (including phenoxy) is 3. The third kappa shape index (κ3) is 4.68. The van der Waals surface area contributed by atoms with Crippen LogP contribution in [0.25, 0.3) is 0 Å². The van der Waals surface area contributed by atoms with Crippen molar-refractivity contribution in [1.29, 1.82) is 0 Å². The van der Waals surface area contributed by atoms with Crippen LogP contribution >= 0.6 is 0 Å². The van der Waals surface area contributed by atoms with Crippen molar-refractivity contribution in [3.8, 4) is 17.2 Å². The number of hydrogen-bond acceptors (Lipinski definition) is 7. The maximum atomic E-state index is 5.42. The Labute approximate surface area is 171 Å². The zero-order chi connectivity index (χ0) is 21.0. The maximum absolute atomic E-state index is 5.42. The molecule has 3 rings (SSSR count). The standard InChI is InChI=1S/C22H26N4O3/c1-13-7-8-17(14(2)9-13)26-21-12-20(23-15(3)24-21)25-16-10-18(27-4)22(29-6)19(11-16)28-5/h7-12H,1-6H3,(H2,23,24,25,26). The van der Waals surface area contributed by atoms with Gasteiger partial charge in [-0.2, -0.15) is 0 Å². The zero-order valence-electron chi connectivity index (χ0n) is 17.6. The first kappa shape index (κ1) is 20.3. The lowest BCUT2D eigenvalue weighted by Crippen LogP contribution is -2.03. The zero-order valence-corrected chi connectivity index (χ0v) is 17.6. The Morgan fingerprint density at radius 2 is 1.34 bits per heavy atom. The highest BCUT2D eigenvalue weighted by atomic mass is 16.5. The van der Waals surface area contributed by atoms with Gasteiger partial charge in [-0.15, -0.1) is 0 Å². The molecule has 0 fully saturated rings. The maximum Gasteiger partial charge on any atom is 0.203 e. The fourth-order valence-corrected chi connectivity index (χ4v) is 3.09. The molecule has 0 aliphatic heterocycles. The van der Waals surface area contributed by atoms with Crippen molar-refractivity contribution in [2.75, 3.05) is 32.0 Å². The second-order valence-corrected chi connectivity index (χ2v) is 6.67. The van der Waals surface area contributed by atoms with Crippen molar-refractivity contribution in [1.82, 2.24) is 9.97 Å². The summed E-state index contributed by atoms with van der Waals surface area (Å²) >= 11 is 0. The second-order valence-electron chi connectivity index (χ2n) is 6.67. The first-order valence-corrected chi connectivity index (χ1v) is 9.20. The first-order valence-electron chi connectivity index (χ1n) is 9.20. The van der Waals surface area contributed by atoms with E-state index >= 15 is 0 Å². The number of rotatable bonds is 7. The molecule has 0 bridgehead atoms. The summed E-state index contributed by atoms with van der Waals surface area (Å²) in [6, 6.07) is 11.8. The van der Waals surface area contributed by atoms with Crippen LogP contribution < -0.4 is 24.8 Å². The highest BCUT2D eigenvalue weighted by Gasteiger charge is 2.14. The molecule has 0 spiro atoms. The molecule has 2 N–H and O–H groups in total. The highest BCUT2D eigenvalue weighted by Crippen LogP contribution is 2.40. The average molecular weight is 394 g/mol. The van der Waals surface area contributed by atoms with E-state index in [0.29, 0.717) is 34.7 Å². The minimum absolute atomic E-state index is 0.539. The van der Waals surface area contributed by atoms with Gasteiger partial charge in [0.05, 0.1) is 21.3 Å². The van der Waals surface area contributed by atoms with Gasteiger partial charge in [0.1, 0.15) is 17.5 Å². The molecule has 2 aromatic carbocycles. The van der Waals surface area contributed by atoms with Gasteiger partial charge in [0.25, 0.3) is 0 Å². The smallest absolute Gasteiger partial charge is 0.203 e. The summed E-state index contributed by atoms with van der Waals surface area (Å²) in [7, 11) is 4.75. The highest BCUT2D eigenvalue weighted by molar-refractivity contribution is 5.69. The van der Waals surface area contributed by atoms with Crippen LogP contribution in [0.3, 0.4) is 0 Å². The largest absolute Gasteiger partial charge is 0.493 e. The molecule has 7 heteroatoms. The third-order valence-corrected chi connectivity index (χ3v) is 4.42. The van der Waals surface area contributed by atoms with Gasteiger partial charge >= 0.3 is 0 Å². The van der Waals surface area contributed by atoms with Gasteiger partial charge in [0.2, 0.25) is 5.75 Å². The number of nitrogens with one attached hydrogen (secondary N) is 2. The van der Waals surface area contributed by atoms with Crippen LogP contribution in [0.5, 0.6) is 17.2 Å². The van der Waals surface area contributed by atoms with Gasteiger partial charge in [0, 0.05) is 29.6 Å². The quantitative estimate of drug-likeness (QED) is 0.589. The van der Waals surface area contributed by atoms with Gasteiger partial charge < -0.3 is 24.8 Å². The summed E-state index contributed by atoms with van der Waals surface area (Å²) in [6.45, 7) is 6.00. The predicted octanol–water partition coefficient (Wildman–Crippen LogP) is 4.91. The van der Waals surface area contributed by atoms with E-state index in [2.05, 4.69) is 52.6 Å². The van der Waals surface area contributed by atoms with Crippen molar-refractivity contribution in [3.63, 3.8) is 0 Å². The molecular formula is C22H26N4O3. The molecule has 0 amide bonds. The third-order valence-electron chi connectivity index (χ3n) is 4.42. The molecule has 29 heavy (non-hydrogen) atoms. The molecule has 1 aromatic heterocycles. The van der Waals surface area contributed by atoms with Crippen molar-refractivity contribution >= 4 is 23.0 Å². The fourth-order valence-electron chi connectivity index (χ4n) is 3.09. The topological polar surface area (TPSA) is 77.5 Å². The van der Waals surface area contributed by atoms with Crippen LogP contribution in [0.4, 0.5) is 23.0 Å². The fraction of sp³-hybridized carbons (Fsp3) is 0.273. The first-order chi connectivity index (χ1) is 13.9. The Hall–Kier alpha value is -3.48. The number of anilines is 4. The molecule has 152 valence electrons. The molecular weight excluding hydrogens is 368 g/mol. The van der Waals surface area contributed by atoms with Crippen LogP contribution in [-0.4, -0.2) is 31.3 Å². The Bertz CT molecular complexity index is 996. The molecule has 0 saturated carbocycles. The molecule has 0 aliphatic rings. The van der Waals surface area contributed by atoms with Crippen molar-refractivity contribution < 1.29 is 14.2 Å². The number of benzene rings is 2. The Morgan fingerprint density at radius 3 is 1.90 bits per heavy atom. The summed E-state index contributed by atoms with van der Waals surface area (Å²) in [5.74, 6) is 3.67. The number of aromatic nitrogens is 2. The van der Waals surface area contributed by atoms with Crippen molar-refractivity contribution in [2.24, 2.45) is 0 Å². The Balaban J connectivity index is 1.90. The summed E-state index contributed by atoms with van der Waals surface area (Å²) in [6.07, 6.45) is 0. The van der Waals surface area contributed by atoms with E-state index in [1.807, 2.05) is 25.1 Å². The van der Waals surface area contributed by atoms with E-state index in [-0.39, 0.29) is 0 Å². The summed E-state index contributed by atoms with van der Waals surface area (Å²) < 4.78 is 16.2. The molecule has 1 heterocycles. The van der Waals surface area contributed by atoms with Gasteiger partial charge in [-0.3, -0.25) is 0 Å². The second kappa shape index (κ2) is 8.68. The van der Waals surface area contributed by atoms with Crippen LogP contribution in [0.2, 0.25) is 0 Å². The van der Waals surface area contributed by atoms with E-state index in [1.165, 1.54) is 5.56 Å². The molecule has 0 saturated heterocycles. The van der Waals surface area contributed by atoms with Gasteiger partial charge in [-0.25, -0.2) is 9.97 Å². The Kier molecular flexibility index (Phi) is 6.07. The molecule has 0 radical (unpaired) electrons. The normalized spacial score (nSPS) is 10.4. The number of methoxy groups -OCH3 is 3. The monoisotopic (exact) mass is 394 g/mol. The predicted molar refractivity (Wildman–Crippen MR) is 115 cm³/mol. The molecule has 0 aliphatic carbocycles. The van der Waals surface area contributed by atoms with E-state index < -0.39 is 0 Å². The average Bonchev–Trinajstić information content (AvgIpc) is 2.69. The van der Waals surface area contributed by atoms with E-state index in [9.17, 15) is 0 Å². The molecule has 0 atom stereocenters. The van der Waals surface area contributed by atoms with Crippen molar-refractivity contribution in [2.45, 2.75) is 20.8 Å². The number of aryl methyl sites for hydroxylation is 3. The van der Waals surface area contributed by atoms with E-state index in [4.69, 9.17) is 14.2 Å².